The van der Waals surface area contributed by atoms with Crippen molar-refractivity contribution >= 4 is 16.0 Å². The minimum absolute atomic E-state index is 0.00946. The van der Waals surface area contributed by atoms with Crippen molar-refractivity contribution in [2.24, 2.45) is 5.73 Å². The average molecular weight is 256 g/mol. The van der Waals surface area contributed by atoms with Crippen molar-refractivity contribution in [1.82, 2.24) is 9.44 Å². The summed E-state index contributed by atoms with van der Waals surface area (Å²) < 4.78 is 27.3. The maximum atomic E-state index is 11.3. The summed E-state index contributed by atoms with van der Waals surface area (Å²) in [6, 6.07) is 6.81. The Balaban J connectivity index is 2.62. The summed E-state index contributed by atoms with van der Waals surface area (Å²) in [6.45, 7) is 2.26. The maximum absolute atomic E-state index is 11.3. The first kappa shape index (κ1) is 13.6. The highest BCUT2D eigenvalue weighted by Crippen LogP contribution is 2.03. The molecule has 94 valence electrons. The summed E-state index contributed by atoms with van der Waals surface area (Å²) in [5.74, 6) is -0.00946. The van der Waals surface area contributed by atoms with Crippen LogP contribution in [0.5, 0.6) is 0 Å². The van der Waals surface area contributed by atoms with Crippen molar-refractivity contribution in [3.05, 3.63) is 35.4 Å². The molecule has 0 aromatic heterocycles. The molecular formula is C10H16N4O2S. The zero-order valence-electron chi connectivity index (χ0n) is 9.53. The summed E-state index contributed by atoms with van der Waals surface area (Å²) >= 11 is 0. The largest absolute Gasteiger partial charge is 0.384 e. The molecule has 0 spiro atoms. The standard InChI is InChI=1S/C10H16N4O2S/c1-2-13-17(15,16)14-7-8-3-5-9(6-4-8)10(11)12/h3-6,13-14H,2,7H2,1H3,(H3,11,12). The molecule has 0 aliphatic carbocycles. The first-order chi connectivity index (χ1) is 7.94. The second-order valence-electron chi connectivity index (χ2n) is 3.43. The summed E-state index contributed by atoms with van der Waals surface area (Å²) in [5.41, 5.74) is 6.72. The van der Waals surface area contributed by atoms with E-state index in [2.05, 4.69) is 9.44 Å². The Morgan fingerprint density at radius 2 is 1.88 bits per heavy atom. The maximum Gasteiger partial charge on any atom is 0.277 e. The van der Waals surface area contributed by atoms with Crippen LogP contribution in [0.3, 0.4) is 0 Å². The van der Waals surface area contributed by atoms with E-state index in [-0.39, 0.29) is 12.4 Å². The fraction of sp³-hybridized carbons (Fsp3) is 0.300. The lowest BCUT2D eigenvalue weighted by Crippen LogP contribution is -2.35. The molecule has 0 fully saturated rings. The first-order valence-corrected chi connectivity index (χ1v) is 6.60. The van der Waals surface area contributed by atoms with Crippen LogP contribution in [0, 0.1) is 5.41 Å². The second kappa shape index (κ2) is 5.76. The van der Waals surface area contributed by atoms with Crippen LogP contribution in [0.4, 0.5) is 0 Å². The number of hydrogen-bond acceptors (Lipinski definition) is 3. The van der Waals surface area contributed by atoms with Gasteiger partial charge >= 0.3 is 0 Å². The van der Waals surface area contributed by atoms with Gasteiger partial charge in [-0.2, -0.15) is 13.1 Å². The first-order valence-electron chi connectivity index (χ1n) is 5.12. The third-order valence-corrected chi connectivity index (χ3v) is 3.26. The molecule has 0 atom stereocenters. The molecule has 7 heteroatoms. The van der Waals surface area contributed by atoms with Crippen molar-refractivity contribution in [2.75, 3.05) is 6.54 Å². The molecule has 1 rings (SSSR count). The Morgan fingerprint density at radius 3 is 2.35 bits per heavy atom. The monoisotopic (exact) mass is 256 g/mol. The zero-order chi connectivity index (χ0) is 12.9. The molecule has 0 saturated heterocycles. The normalized spacial score (nSPS) is 11.4. The van der Waals surface area contributed by atoms with Crippen LogP contribution >= 0.6 is 0 Å². The van der Waals surface area contributed by atoms with E-state index in [4.69, 9.17) is 11.1 Å². The van der Waals surface area contributed by atoms with E-state index >= 15 is 0 Å². The van der Waals surface area contributed by atoms with Crippen LogP contribution in [0.25, 0.3) is 0 Å². The van der Waals surface area contributed by atoms with E-state index in [0.717, 1.165) is 5.56 Å². The highest BCUT2D eigenvalue weighted by atomic mass is 32.2. The summed E-state index contributed by atoms with van der Waals surface area (Å²) in [4.78, 5) is 0. The Hall–Kier alpha value is -1.44. The smallest absolute Gasteiger partial charge is 0.277 e. The molecule has 0 radical (unpaired) electrons. The predicted molar refractivity (Wildman–Crippen MR) is 66.9 cm³/mol. The van der Waals surface area contributed by atoms with Crippen LogP contribution in [-0.4, -0.2) is 20.8 Å². The van der Waals surface area contributed by atoms with E-state index in [9.17, 15) is 8.42 Å². The summed E-state index contributed by atoms with van der Waals surface area (Å²) in [6.07, 6.45) is 0. The van der Waals surface area contributed by atoms with Crippen LogP contribution < -0.4 is 15.2 Å². The van der Waals surface area contributed by atoms with Crippen LogP contribution in [0.2, 0.25) is 0 Å². The van der Waals surface area contributed by atoms with Crippen molar-refractivity contribution < 1.29 is 8.42 Å². The van der Waals surface area contributed by atoms with Gasteiger partial charge in [-0.1, -0.05) is 31.2 Å². The van der Waals surface area contributed by atoms with Crippen LogP contribution in [0.1, 0.15) is 18.1 Å². The van der Waals surface area contributed by atoms with E-state index in [1.807, 2.05) is 0 Å². The lowest BCUT2D eigenvalue weighted by molar-refractivity contribution is 0.568. The quantitative estimate of drug-likeness (QED) is 0.422. The highest BCUT2D eigenvalue weighted by Gasteiger charge is 2.06. The molecule has 0 heterocycles. The molecule has 1 aromatic rings. The van der Waals surface area contributed by atoms with E-state index in [1.54, 1.807) is 31.2 Å². The number of nitrogen functional groups attached to an aromatic ring is 1. The van der Waals surface area contributed by atoms with Crippen molar-refractivity contribution in [3.63, 3.8) is 0 Å². The highest BCUT2D eigenvalue weighted by molar-refractivity contribution is 7.87. The number of amidine groups is 1. The van der Waals surface area contributed by atoms with Gasteiger partial charge in [0, 0.05) is 18.7 Å². The molecule has 0 aliphatic rings. The minimum Gasteiger partial charge on any atom is -0.384 e. The molecule has 0 saturated carbocycles. The van der Waals surface area contributed by atoms with E-state index in [0.29, 0.717) is 12.1 Å². The molecule has 0 aliphatic heterocycles. The molecule has 0 unspecified atom stereocenters. The van der Waals surface area contributed by atoms with E-state index < -0.39 is 10.2 Å². The Bertz CT molecular complexity index is 482. The van der Waals surface area contributed by atoms with Crippen molar-refractivity contribution in [2.45, 2.75) is 13.5 Å². The number of nitrogens with one attached hydrogen (secondary N) is 3. The van der Waals surface area contributed by atoms with Gasteiger partial charge in [0.2, 0.25) is 0 Å². The molecule has 0 bridgehead atoms. The van der Waals surface area contributed by atoms with Gasteiger partial charge in [-0.15, -0.1) is 0 Å². The molecular weight excluding hydrogens is 240 g/mol. The Morgan fingerprint density at radius 1 is 1.29 bits per heavy atom. The lowest BCUT2D eigenvalue weighted by atomic mass is 10.1. The Labute approximate surface area is 101 Å². The molecule has 1 aromatic carbocycles. The van der Waals surface area contributed by atoms with Gasteiger partial charge in [0.25, 0.3) is 10.2 Å². The molecule has 6 nitrogen and oxygen atoms in total. The van der Waals surface area contributed by atoms with Crippen LogP contribution in [0.15, 0.2) is 24.3 Å². The topological polar surface area (TPSA) is 108 Å². The molecule has 5 N–H and O–H groups in total. The number of hydrogen-bond donors (Lipinski definition) is 4. The minimum atomic E-state index is -3.42. The fourth-order valence-electron chi connectivity index (χ4n) is 1.22. The van der Waals surface area contributed by atoms with Gasteiger partial charge in [-0.05, 0) is 5.56 Å². The average Bonchev–Trinajstić information content (AvgIpc) is 2.27. The third-order valence-electron chi connectivity index (χ3n) is 2.07. The number of benzene rings is 1. The second-order valence-corrected chi connectivity index (χ2v) is 5.02. The third kappa shape index (κ3) is 4.51. The summed E-state index contributed by atoms with van der Waals surface area (Å²) in [7, 11) is -3.42. The van der Waals surface area contributed by atoms with Crippen molar-refractivity contribution in [3.8, 4) is 0 Å². The molecule has 0 amide bonds. The molecule has 17 heavy (non-hydrogen) atoms. The predicted octanol–water partition coefficient (Wildman–Crippen LogP) is -0.0854. The summed E-state index contributed by atoms with van der Waals surface area (Å²) in [5, 5.41) is 7.22. The fourth-order valence-corrected chi connectivity index (χ4v) is 2.06. The number of rotatable bonds is 6. The Kier molecular flexibility index (Phi) is 4.62. The number of nitrogens with two attached hydrogens (primary N) is 1. The van der Waals surface area contributed by atoms with Gasteiger partial charge in [-0.3, -0.25) is 5.41 Å². The van der Waals surface area contributed by atoms with Gasteiger partial charge in [0.1, 0.15) is 5.84 Å². The van der Waals surface area contributed by atoms with Gasteiger partial charge in [-0.25, -0.2) is 4.72 Å². The van der Waals surface area contributed by atoms with Crippen LogP contribution in [-0.2, 0) is 16.8 Å². The van der Waals surface area contributed by atoms with Gasteiger partial charge in [0.05, 0.1) is 0 Å². The van der Waals surface area contributed by atoms with E-state index in [1.165, 1.54) is 0 Å². The lowest BCUT2D eigenvalue weighted by Gasteiger charge is -2.07. The van der Waals surface area contributed by atoms with Crippen molar-refractivity contribution in [1.29, 1.82) is 5.41 Å². The SMILES string of the molecule is CCNS(=O)(=O)NCc1ccc(C(=N)N)cc1. The van der Waals surface area contributed by atoms with Gasteiger partial charge in [0.15, 0.2) is 0 Å². The zero-order valence-corrected chi connectivity index (χ0v) is 10.3. The van der Waals surface area contributed by atoms with Gasteiger partial charge < -0.3 is 5.73 Å².